The van der Waals surface area contributed by atoms with E-state index in [0.717, 1.165) is 10.9 Å². The minimum atomic E-state index is 0.203. The molecular formula is C13H14N2. The number of aromatic nitrogens is 1. The minimum Gasteiger partial charge on any atom is -0.310 e. The van der Waals surface area contributed by atoms with E-state index in [9.17, 15) is 0 Å². The van der Waals surface area contributed by atoms with E-state index in [0.29, 0.717) is 0 Å². The normalized spacial score (nSPS) is 12.6. The predicted molar refractivity (Wildman–Crippen MR) is 63.7 cm³/mol. The fourth-order valence-electron chi connectivity index (χ4n) is 1.71. The van der Waals surface area contributed by atoms with Gasteiger partial charge >= 0.3 is 0 Å². The molecule has 0 amide bonds. The highest BCUT2D eigenvalue weighted by Crippen LogP contribution is 2.19. The number of nitrogens with one attached hydrogen (secondary N) is 1. The van der Waals surface area contributed by atoms with Crippen LogP contribution in [0.15, 0.2) is 49.2 Å². The average Bonchev–Trinajstić information content (AvgIpc) is 2.30. The number of likely N-dealkylation sites (N-methyl/N-ethyl adjacent to an activating group) is 1. The van der Waals surface area contributed by atoms with Crippen molar-refractivity contribution in [2.24, 2.45) is 0 Å². The van der Waals surface area contributed by atoms with Gasteiger partial charge in [0.05, 0.1) is 11.6 Å². The van der Waals surface area contributed by atoms with Crippen molar-refractivity contribution in [2.45, 2.75) is 6.04 Å². The van der Waals surface area contributed by atoms with Crippen molar-refractivity contribution in [1.29, 1.82) is 0 Å². The van der Waals surface area contributed by atoms with Gasteiger partial charge in [0.1, 0.15) is 0 Å². The fourth-order valence-corrected chi connectivity index (χ4v) is 1.71. The van der Waals surface area contributed by atoms with E-state index >= 15 is 0 Å². The second-order valence-electron chi connectivity index (χ2n) is 3.46. The first-order valence-electron chi connectivity index (χ1n) is 4.99. The van der Waals surface area contributed by atoms with E-state index in [1.54, 1.807) is 0 Å². The van der Waals surface area contributed by atoms with E-state index in [-0.39, 0.29) is 6.04 Å². The Kier molecular flexibility index (Phi) is 2.79. The molecule has 1 unspecified atom stereocenters. The summed E-state index contributed by atoms with van der Waals surface area (Å²) in [5, 5.41) is 4.36. The molecule has 0 saturated carbocycles. The molecule has 0 aliphatic carbocycles. The van der Waals surface area contributed by atoms with Gasteiger partial charge in [0.25, 0.3) is 0 Å². The first kappa shape index (κ1) is 9.87. The van der Waals surface area contributed by atoms with E-state index in [4.69, 9.17) is 0 Å². The molecule has 1 heterocycles. The smallest absolute Gasteiger partial charge is 0.0702 e. The number of rotatable bonds is 3. The zero-order valence-electron chi connectivity index (χ0n) is 8.77. The molecule has 2 heteroatoms. The van der Waals surface area contributed by atoms with Gasteiger partial charge in [-0.3, -0.25) is 4.98 Å². The van der Waals surface area contributed by atoms with Crippen molar-refractivity contribution < 1.29 is 0 Å². The van der Waals surface area contributed by atoms with Crippen molar-refractivity contribution in [1.82, 2.24) is 10.3 Å². The van der Waals surface area contributed by atoms with Crippen LogP contribution in [0.4, 0.5) is 0 Å². The van der Waals surface area contributed by atoms with Crippen LogP contribution >= 0.6 is 0 Å². The third-order valence-electron chi connectivity index (χ3n) is 2.53. The molecule has 0 spiro atoms. The van der Waals surface area contributed by atoms with Crippen molar-refractivity contribution in [3.05, 3.63) is 54.7 Å². The molecule has 1 atom stereocenters. The molecule has 0 radical (unpaired) electrons. The number of nitrogens with zero attached hydrogens (tertiary/aromatic N) is 1. The highest BCUT2D eigenvalue weighted by Gasteiger charge is 2.04. The number of hydrogen-bond acceptors (Lipinski definition) is 2. The van der Waals surface area contributed by atoms with Gasteiger partial charge in [-0.05, 0) is 30.8 Å². The summed E-state index contributed by atoms with van der Waals surface area (Å²) in [6.45, 7) is 3.81. The summed E-state index contributed by atoms with van der Waals surface area (Å²) < 4.78 is 0. The second-order valence-corrected chi connectivity index (χ2v) is 3.46. The Morgan fingerprint density at radius 2 is 2.27 bits per heavy atom. The van der Waals surface area contributed by atoms with Crippen LogP contribution in [0, 0.1) is 0 Å². The topological polar surface area (TPSA) is 24.9 Å². The van der Waals surface area contributed by atoms with Crippen LogP contribution < -0.4 is 5.32 Å². The van der Waals surface area contributed by atoms with Gasteiger partial charge < -0.3 is 5.32 Å². The van der Waals surface area contributed by atoms with Crippen LogP contribution in [0.3, 0.4) is 0 Å². The predicted octanol–water partition coefficient (Wildman–Crippen LogP) is 2.68. The largest absolute Gasteiger partial charge is 0.310 e. The van der Waals surface area contributed by atoms with E-state index in [2.05, 4.69) is 35.1 Å². The van der Waals surface area contributed by atoms with Gasteiger partial charge in [0.15, 0.2) is 0 Å². The number of fused-ring (bicyclic) bond motifs is 1. The van der Waals surface area contributed by atoms with Crippen molar-refractivity contribution in [2.75, 3.05) is 7.05 Å². The fraction of sp³-hybridized carbons (Fsp3) is 0.154. The molecule has 0 aliphatic heterocycles. The molecule has 0 fully saturated rings. The Morgan fingerprint density at radius 3 is 3.00 bits per heavy atom. The third kappa shape index (κ3) is 1.90. The standard InChI is InChI=1S/C13H14N2/c1-3-12(14-2)11-6-7-13-10(9-11)5-4-8-15-13/h3-9,12,14H,1H2,2H3. The first-order valence-corrected chi connectivity index (χ1v) is 4.99. The van der Waals surface area contributed by atoms with Crippen LogP contribution in [0.1, 0.15) is 11.6 Å². The van der Waals surface area contributed by atoms with Crippen molar-refractivity contribution in [3.63, 3.8) is 0 Å². The molecule has 0 aliphatic rings. The molecular weight excluding hydrogens is 184 g/mol. The van der Waals surface area contributed by atoms with Gasteiger partial charge in [0.2, 0.25) is 0 Å². The van der Waals surface area contributed by atoms with Gasteiger partial charge in [-0.2, -0.15) is 0 Å². The summed E-state index contributed by atoms with van der Waals surface area (Å²) in [6.07, 6.45) is 3.71. The summed E-state index contributed by atoms with van der Waals surface area (Å²) in [6, 6.07) is 10.5. The van der Waals surface area contributed by atoms with E-state index < -0.39 is 0 Å². The first-order chi connectivity index (χ1) is 7.35. The van der Waals surface area contributed by atoms with Crippen LogP contribution in [0.5, 0.6) is 0 Å². The maximum absolute atomic E-state index is 4.29. The molecule has 1 N–H and O–H groups in total. The molecule has 2 aromatic rings. The number of pyridine rings is 1. The van der Waals surface area contributed by atoms with Gasteiger partial charge in [0, 0.05) is 11.6 Å². The summed E-state index contributed by atoms with van der Waals surface area (Å²) in [4.78, 5) is 4.29. The highest BCUT2D eigenvalue weighted by molar-refractivity contribution is 5.79. The van der Waals surface area contributed by atoms with Gasteiger partial charge in [-0.1, -0.05) is 18.2 Å². The summed E-state index contributed by atoms with van der Waals surface area (Å²) in [7, 11) is 1.93. The maximum Gasteiger partial charge on any atom is 0.0702 e. The molecule has 1 aromatic carbocycles. The van der Waals surface area contributed by atoms with Crippen LogP contribution in [-0.4, -0.2) is 12.0 Å². The second kappa shape index (κ2) is 4.24. The maximum atomic E-state index is 4.29. The third-order valence-corrected chi connectivity index (χ3v) is 2.53. The van der Waals surface area contributed by atoms with Gasteiger partial charge in [-0.25, -0.2) is 0 Å². The molecule has 2 nitrogen and oxygen atoms in total. The lowest BCUT2D eigenvalue weighted by molar-refractivity contribution is 0.717. The average molecular weight is 198 g/mol. The Bertz CT molecular complexity index is 477. The lowest BCUT2D eigenvalue weighted by Crippen LogP contribution is -2.13. The number of hydrogen-bond donors (Lipinski definition) is 1. The van der Waals surface area contributed by atoms with E-state index in [1.807, 2.05) is 31.5 Å². The number of benzene rings is 1. The SMILES string of the molecule is C=CC(NC)c1ccc2ncccc2c1. The Hall–Kier alpha value is -1.67. The minimum absolute atomic E-state index is 0.203. The summed E-state index contributed by atoms with van der Waals surface area (Å²) in [5.41, 5.74) is 2.24. The van der Waals surface area contributed by atoms with Gasteiger partial charge in [-0.15, -0.1) is 6.58 Å². The quantitative estimate of drug-likeness (QED) is 0.767. The molecule has 76 valence electrons. The van der Waals surface area contributed by atoms with Crippen molar-refractivity contribution in [3.8, 4) is 0 Å². The Balaban J connectivity index is 2.50. The van der Waals surface area contributed by atoms with E-state index in [1.165, 1.54) is 5.56 Å². The molecule has 1 aromatic heterocycles. The van der Waals surface area contributed by atoms with Crippen molar-refractivity contribution >= 4 is 10.9 Å². The Labute approximate surface area is 89.7 Å². The zero-order chi connectivity index (χ0) is 10.7. The molecule has 0 saturated heterocycles. The monoisotopic (exact) mass is 198 g/mol. The lowest BCUT2D eigenvalue weighted by Gasteiger charge is -2.11. The molecule has 15 heavy (non-hydrogen) atoms. The Morgan fingerprint density at radius 1 is 1.40 bits per heavy atom. The van der Waals surface area contributed by atoms with Crippen LogP contribution in [0.2, 0.25) is 0 Å². The summed E-state index contributed by atoms with van der Waals surface area (Å²) >= 11 is 0. The highest BCUT2D eigenvalue weighted by atomic mass is 14.9. The summed E-state index contributed by atoms with van der Waals surface area (Å²) in [5.74, 6) is 0. The molecule has 0 bridgehead atoms. The lowest BCUT2D eigenvalue weighted by atomic mass is 10.0. The zero-order valence-corrected chi connectivity index (χ0v) is 8.77. The van der Waals surface area contributed by atoms with Crippen LogP contribution in [0.25, 0.3) is 10.9 Å². The van der Waals surface area contributed by atoms with Crippen LogP contribution in [-0.2, 0) is 0 Å². The molecule has 2 rings (SSSR count).